The van der Waals surface area contributed by atoms with E-state index in [1.54, 1.807) is 30.7 Å². The molecule has 2 aromatic rings. The summed E-state index contributed by atoms with van der Waals surface area (Å²) in [5.41, 5.74) is 2.73. The Morgan fingerprint density at radius 3 is 2.43 bits per heavy atom. The van der Waals surface area contributed by atoms with Gasteiger partial charge in [-0.2, -0.15) is 12.6 Å². The summed E-state index contributed by atoms with van der Waals surface area (Å²) in [5, 5.41) is 15.8. The minimum absolute atomic E-state index is 0.0641. The van der Waals surface area contributed by atoms with Crippen molar-refractivity contribution in [1.82, 2.24) is 20.5 Å². The number of aryl methyl sites for hydroxylation is 1. The van der Waals surface area contributed by atoms with Crippen LogP contribution >= 0.6 is 24.0 Å². The number of hydrogen-bond acceptors (Lipinski definition) is 7. The fourth-order valence-electron chi connectivity index (χ4n) is 4.50. The maximum Gasteiger partial charge on any atom is 0.258 e. The maximum atomic E-state index is 14.3. The third-order valence-corrected chi connectivity index (χ3v) is 8.20. The number of benzene rings is 1. The number of thiol groups is 1. The van der Waals surface area contributed by atoms with Crippen molar-refractivity contribution in [2.75, 3.05) is 6.54 Å². The molecular formula is C26H33FN4O4S2. The summed E-state index contributed by atoms with van der Waals surface area (Å²) in [6, 6.07) is 5.38. The van der Waals surface area contributed by atoms with Crippen LogP contribution in [-0.2, 0) is 14.4 Å². The van der Waals surface area contributed by atoms with E-state index >= 15 is 0 Å². The molecule has 1 aromatic carbocycles. The van der Waals surface area contributed by atoms with Crippen LogP contribution in [0.1, 0.15) is 57.3 Å². The molecule has 37 heavy (non-hydrogen) atoms. The van der Waals surface area contributed by atoms with Crippen molar-refractivity contribution < 1.29 is 23.9 Å². The number of alkyl halides is 1. The lowest BCUT2D eigenvalue weighted by Gasteiger charge is -2.35. The van der Waals surface area contributed by atoms with Gasteiger partial charge in [0.2, 0.25) is 11.8 Å². The summed E-state index contributed by atoms with van der Waals surface area (Å²) in [4.78, 5) is 45.8. The lowest BCUT2D eigenvalue weighted by Crippen LogP contribution is -2.60. The van der Waals surface area contributed by atoms with Gasteiger partial charge in [-0.25, -0.2) is 9.37 Å². The molecule has 1 saturated carbocycles. The van der Waals surface area contributed by atoms with Crippen LogP contribution in [-0.4, -0.2) is 67.9 Å². The molecule has 0 bridgehead atoms. The van der Waals surface area contributed by atoms with E-state index in [0.717, 1.165) is 21.7 Å². The highest BCUT2D eigenvalue weighted by molar-refractivity contribution is 7.81. The van der Waals surface area contributed by atoms with Gasteiger partial charge in [0, 0.05) is 17.7 Å². The summed E-state index contributed by atoms with van der Waals surface area (Å²) >= 11 is 6.03. The normalized spacial score (nSPS) is 22.3. The number of aromatic nitrogens is 1. The number of amides is 3. The van der Waals surface area contributed by atoms with Gasteiger partial charge >= 0.3 is 0 Å². The molecule has 2 heterocycles. The van der Waals surface area contributed by atoms with Crippen molar-refractivity contribution in [2.24, 2.45) is 0 Å². The molecule has 1 aliphatic carbocycles. The fraction of sp³-hybridized carbons (Fsp3) is 0.538. The third-order valence-electron chi connectivity index (χ3n) is 6.97. The fourth-order valence-corrected chi connectivity index (χ4v) is 5.49. The third kappa shape index (κ3) is 5.99. The molecule has 1 aromatic heterocycles. The highest BCUT2D eigenvalue weighted by atomic mass is 32.1. The zero-order valence-corrected chi connectivity index (χ0v) is 23.0. The lowest BCUT2D eigenvalue weighted by molar-refractivity contribution is -0.143. The quantitative estimate of drug-likeness (QED) is 0.379. The van der Waals surface area contributed by atoms with Crippen molar-refractivity contribution in [3.05, 3.63) is 41.0 Å². The molecule has 2 fully saturated rings. The Kier molecular flexibility index (Phi) is 7.69. The second kappa shape index (κ2) is 10.3. The van der Waals surface area contributed by atoms with Crippen molar-refractivity contribution >= 4 is 41.7 Å². The summed E-state index contributed by atoms with van der Waals surface area (Å²) in [7, 11) is 0. The smallest absolute Gasteiger partial charge is 0.258 e. The van der Waals surface area contributed by atoms with Crippen molar-refractivity contribution in [2.45, 2.75) is 81.6 Å². The van der Waals surface area contributed by atoms with Gasteiger partial charge in [0.15, 0.2) is 5.67 Å². The average Bonchev–Trinajstić information content (AvgIpc) is 3.25. The van der Waals surface area contributed by atoms with Gasteiger partial charge in [-0.05, 0) is 51.7 Å². The van der Waals surface area contributed by atoms with Crippen LogP contribution in [0.25, 0.3) is 10.4 Å². The Morgan fingerprint density at radius 2 is 1.89 bits per heavy atom. The number of likely N-dealkylation sites (tertiary alicyclic amines) is 1. The molecule has 200 valence electrons. The second-order valence-corrected chi connectivity index (χ2v) is 12.5. The van der Waals surface area contributed by atoms with Crippen LogP contribution in [0.15, 0.2) is 29.8 Å². The maximum absolute atomic E-state index is 14.3. The summed E-state index contributed by atoms with van der Waals surface area (Å²) in [6.45, 7) is 7.01. The van der Waals surface area contributed by atoms with Crippen molar-refractivity contribution in [1.29, 1.82) is 0 Å². The highest BCUT2D eigenvalue weighted by Gasteiger charge is 2.53. The first kappa shape index (κ1) is 27.5. The molecule has 1 unspecified atom stereocenters. The molecule has 0 spiro atoms. The van der Waals surface area contributed by atoms with E-state index in [9.17, 15) is 23.9 Å². The molecule has 8 nitrogen and oxygen atoms in total. The van der Waals surface area contributed by atoms with Crippen LogP contribution in [0.2, 0.25) is 0 Å². The van der Waals surface area contributed by atoms with Crippen molar-refractivity contribution in [3.63, 3.8) is 0 Å². The van der Waals surface area contributed by atoms with Gasteiger partial charge < -0.3 is 20.6 Å². The predicted octanol–water partition coefficient (Wildman–Crippen LogP) is 2.95. The number of nitrogens with one attached hydrogen (secondary N) is 2. The first-order chi connectivity index (χ1) is 17.3. The zero-order chi connectivity index (χ0) is 27.1. The Balaban J connectivity index is 1.46. The van der Waals surface area contributed by atoms with Gasteiger partial charge in [-0.15, -0.1) is 11.3 Å². The molecule has 3 amide bonds. The molecule has 1 aliphatic heterocycles. The number of carbonyl (C=O) groups excluding carboxylic acids is 3. The van der Waals surface area contributed by atoms with Crippen LogP contribution in [0.3, 0.4) is 0 Å². The minimum Gasteiger partial charge on any atom is -0.391 e. The number of β-amino-alcohol motifs (C(OH)–C–C–N with tert-alkyl or cyclic N) is 1. The van der Waals surface area contributed by atoms with E-state index < -0.39 is 46.3 Å². The summed E-state index contributed by atoms with van der Waals surface area (Å²) in [6.07, 6.45) is -0.604. The standard InChI is InChI=1S/C26H33FN4O4S2/c1-14(16-5-7-17(8-6-16)20-15(2)28-13-37-20)29-22(33)19-11-18(32)12-31(19)23(34)21(25(3,4)36)30-24(35)26(27)9-10-26/h5-8,13-14,18-19,21,32,36H,9-12H2,1-4H3,(H,29,33)(H,30,35)/t14-,18+,19?,21+/m0/s1. The molecule has 3 N–H and O–H groups in total. The number of thiazole rings is 1. The van der Waals surface area contributed by atoms with Gasteiger partial charge in [0.25, 0.3) is 5.91 Å². The number of nitrogens with zero attached hydrogens (tertiary/aromatic N) is 2. The van der Waals surface area contributed by atoms with Gasteiger partial charge in [0.1, 0.15) is 12.1 Å². The lowest BCUT2D eigenvalue weighted by atomic mass is 10.00. The van der Waals surface area contributed by atoms with Gasteiger partial charge in [-0.3, -0.25) is 14.4 Å². The monoisotopic (exact) mass is 548 g/mol. The van der Waals surface area contributed by atoms with E-state index in [0.29, 0.717) is 0 Å². The number of halogens is 1. The first-order valence-corrected chi connectivity index (χ1v) is 13.6. The Hall–Kier alpha value is -2.50. The number of hydrogen-bond donors (Lipinski definition) is 4. The number of aliphatic hydroxyl groups is 1. The molecule has 2 aliphatic rings. The summed E-state index contributed by atoms with van der Waals surface area (Å²) in [5.74, 6) is -1.84. The van der Waals surface area contributed by atoms with Crippen LogP contribution in [0.5, 0.6) is 0 Å². The Labute approximate surface area is 225 Å². The van der Waals surface area contributed by atoms with Crippen molar-refractivity contribution in [3.8, 4) is 10.4 Å². The van der Waals surface area contributed by atoms with Crippen LogP contribution in [0.4, 0.5) is 4.39 Å². The van der Waals surface area contributed by atoms with E-state index in [-0.39, 0.29) is 31.8 Å². The topological polar surface area (TPSA) is 112 Å². The first-order valence-electron chi connectivity index (χ1n) is 12.3. The second-order valence-electron chi connectivity index (χ2n) is 10.5. The Bertz CT molecular complexity index is 1180. The Morgan fingerprint density at radius 1 is 1.24 bits per heavy atom. The zero-order valence-electron chi connectivity index (χ0n) is 21.3. The number of rotatable bonds is 8. The molecule has 0 radical (unpaired) electrons. The highest BCUT2D eigenvalue weighted by Crippen LogP contribution is 2.40. The molecule has 4 atom stereocenters. The van der Waals surface area contributed by atoms with Crippen LogP contribution < -0.4 is 10.6 Å². The largest absolute Gasteiger partial charge is 0.391 e. The molecule has 4 rings (SSSR count). The number of carbonyl (C=O) groups is 3. The van der Waals surface area contributed by atoms with E-state index in [1.165, 1.54) is 4.90 Å². The molecule has 11 heteroatoms. The minimum atomic E-state index is -1.96. The predicted molar refractivity (Wildman–Crippen MR) is 143 cm³/mol. The summed E-state index contributed by atoms with van der Waals surface area (Å²) < 4.78 is 13.3. The van der Waals surface area contributed by atoms with E-state index in [4.69, 9.17) is 0 Å². The SMILES string of the molecule is Cc1ncsc1-c1ccc([C@H](C)NC(=O)C2C[C@@H](O)CN2C(=O)[C@@H](NC(=O)C2(F)CC2)C(C)(C)S)cc1. The molecular weight excluding hydrogens is 515 g/mol. The van der Waals surface area contributed by atoms with Crippen LogP contribution in [0, 0.1) is 6.92 Å². The van der Waals surface area contributed by atoms with E-state index in [1.807, 2.05) is 38.1 Å². The number of aliphatic hydroxyl groups excluding tert-OH is 1. The van der Waals surface area contributed by atoms with E-state index in [2.05, 4.69) is 28.2 Å². The average molecular weight is 549 g/mol. The van der Waals surface area contributed by atoms with Gasteiger partial charge in [-0.1, -0.05) is 24.3 Å². The van der Waals surface area contributed by atoms with Gasteiger partial charge in [0.05, 0.1) is 28.2 Å². The molecule has 1 saturated heterocycles.